The molecule has 0 atom stereocenters. The maximum atomic E-state index is 13.5. The number of hydrogen-bond acceptors (Lipinski definition) is 3. The SMILES string of the molecule is O=C(c1ccccc1)C(OCCCCCl)(OCCCCCl)c1ccccc1. The van der Waals surface area contributed by atoms with Gasteiger partial charge in [-0.3, -0.25) is 4.79 Å². The predicted octanol–water partition coefficient (Wildman–Crippen LogP) is 5.79. The van der Waals surface area contributed by atoms with Gasteiger partial charge in [-0.05, 0) is 25.7 Å². The van der Waals surface area contributed by atoms with Crippen LogP contribution in [0.3, 0.4) is 0 Å². The summed E-state index contributed by atoms with van der Waals surface area (Å²) in [5, 5.41) is 0. The van der Waals surface area contributed by atoms with Gasteiger partial charge in [-0.2, -0.15) is 0 Å². The number of alkyl halides is 2. The quantitative estimate of drug-likeness (QED) is 0.182. The maximum Gasteiger partial charge on any atom is 0.261 e. The van der Waals surface area contributed by atoms with Gasteiger partial charge in [-0.15, -0.1) is 23.2 Å². The molecule has 0 unspecified atom stereocenters. The van der Waals surface area contributed by atoms with Crippen molar-refractivity contribution in [3.05, 3.63) is 71.8 Å². The highest BCUT2D eigenvalue weighted by molar-refractivity contribution is 6.18. The highest BCUT2D eigenvalue weighted by atomic mass is 35.5. The fourth-order valence-electron chi connectivity index (χ4n) is 2.73. The van der Waals surface area contributed by atoms with Crippen molar-refractivity contribution in [3.8, 4) is 0 Å². The molecule has 0 aliphatic heterocycles. The van der Waals surface area contributed by atoms with Crippen LogP contribution in [-0.4, -0.2) is 30.8 Å². The number of carbonyl (C=O) groups is 1. The molecular formula is C22H26Cl2O3. The van der Waals surface area contributed by atoms with Crippen molar-refractivity contribution < 1.29 is 14.3 Å². The second kappa shape index (κ2) is 12.1. The number of halogens is 2. The van der Waals surface area contributed by atoms with Gasteiger partial charge in [0.2, 0.25) is 5.78 Å². The van der Waals surface area contributed by atoms with Gasteiger partial charge >= 0.3 is 0 Å². The highest BCUT2D eigenvalue weighted by Crippen LogP contribution is 2.32. The molecule has 0 amide bonds. The molecule has 0 aromatic heterocycles. The Labute approximate surface area is 171 Å². The molecule has 2 aromatic rings. The van der Waals surface area contributed by atoms with Crippen molar-refractivity contribution in [2.45, 2.75) is 31.5 Å². The van der Waals surface area contributed by atoms with Gasteiger partial charge < -0.3 is 9.47 Å². The van der Waals surface area contributed by atoms with E-state index in [0.29, 0.717) is 36.1 Å². The van der Waals surface area contributed by atoms with Crippen LogP contribution >= 0.6 is 23.2 Å². The Bertz CT molecular complexity index is 650. The lowest BCUT2D eigenvalue weighted by molar-refractivity contribution is -0.210. The van der Waals surface area contributed by atoms with E-state index in [1.165, 1.54) is 0 Å². The minimum absolute atomic E-state index is 0.203. The van der Waals surface area contributed by atoms with Crippen molar-refractivity contribution in [1.82, 2.24) is 0 Å². The van der Waals surface area contributed by atoms with E-state index in [1.54, 1.807) is 12.1 Å². The zero-order chi connectivity index (χ0) is 19.4. The van der Waals surface area contributed by atoms with E-state index in [1.807, 2.05) is 48.5 Å². The molecule has 0 aliphatic rings. The summed E-state index contributed by atoms with van der Waals surface area (Å²) in [4.78, 5) is 13.5. The lowest BCUT2D eigenvalue weighted by Crippen LogP contribution is -2.42. The number of benzene rings is 2. The van der Waals surface area contributed by atoms with E-state index in [-0.39, 0.29) is 5.78 Å². The predicted molar refractivity (Wildman–Crippen MR) is 111 cm³/mol. The summed E-state index contributed by atoms with van der Waals surface area (Å²) < 4.78 is 12.3. The lowest BCUT2D eigenvalue weighted by atomic mass is 9.95. The van der Waals surface area contributed by atoms with Crippen molar-refractivity contribution in [1.29, 1.82) is 0 Å². The Kier molecular flexibility index (Phi) is 9.85. The standard InChI is InChI=1S/C22H26Cl2O3/c23-15-7-9-17-26-22(27-18-10-8-16-24,20-13-5-2-6-14-20)21(25)19-11-3-1-4-12-19/h1-6,11-14H,7-10,15-18H2. The highest BCUT2D eigenvalue weighted by Gasteiger charge is 2.43. The monoisotopic (exact) mass is 408 g/mol. The maximum absolute atomic E-state index is 13.5. The van der Waals surface area contributed by atoms with Gasteiger partial charge in [0.1, 0.15) is 0 Å². The fraction of sp³-hybridized carbons (Fsp3) is 0.409. The van der Waals surface area contributed by atoms with E-state index in [2.05, 4.69) is 0 Å². The minimum Gasteiger partial charge on any atom is -0.340 e. The van der Waals surface area contributed by atoms with E-state index in [9.17, 15) is 4.79 Å². The molecule has 2 aromatic carbocycles. The molecule has 5 heteroatoms. The first-order valence-corrected chi connectivity index (χ1v) is 10.4. The van der Waals surface area contributed by atoms with E-state index < -0.39 is 5.79 Å². The molecule has 0 fully saturated rings. The summed E-state index contributed by atoms with van der Waals surface area (Å²) in [6.45, 7) is 0.769. The van der Waals surface area contributed by atoms with Gasteiger partial charge in [-0.1, -0.05) is 60.7 Å². The van der Waals surface area contributed by atoms with Gasteiger partial charge in [0.15, 0.2) is 0 Å². The molecule has 0 saturated carbocycles. The van der Waals surface area contributed by atoms with Gasteiger partial charge in [0, 0.05) is 22.9 Å². The summed E-state index contributed by atoms with van der Waals surface area (Å²) in [5.74, 6) is -0.553. The van der Waals surface area contributed by atoms with Crippen LogP contribution in [0, 0.1) is 0 Å². The third-order valence-corrected chi connectivity index (χ3v) is 4.69. The lowest BCUT2D eigenvalue weighted by Gasteiger charge is -2.33. The second-order valence-corrected chi connectivity index (χ2v) is 6.92. The Morgan fingerprint density at radius 1 is 0.741 bits per heavy atom. The normalized spacial score (nSPS) is 11.5. The Balaban J connectivity index is 2.35. The van der Waals surface area contributed by atoms with Gasteiger partial charge in [0.05, 0.1) is 13.2 Å². The van der Waals surface area contributed by atoms with Gasteiger partial charge in [-0.25, -0.2) is 0 Å². The van der Waals surface area contributed by atoms with Crippen LogP contribution in [0.1, 0.15) is 41.6 Å². The smallest absolute Gasteiger partial charge is 0.261 e. The van der Waals surface area contributed by atoms with E-state index in [0.717, 1.165) is 25.7 Å². The molecule has 0 bridgehead atoms. The van der Waals surface area contributed by atoms with Crippen molar-refractivity contribution in [2.75, 3.05) is 25.0 Å². The van der Waals surface area contributed by atoms with Crippen LogP contribution in [0.4, 0.5) is 0 Å². The van der Waals surface area contributed by atoms with Crippen LogP contribution in [0.25, 0.3) is 0 Å². The van der Waals surface area contributed by atoms with Crippen molar-refractivity contribution in [3.63, 3.8) is 0 Å². The number of unbranched alkanes of at least 4 members (excludes halogenated alkanes) is 2. The van der Waals surface area contributed by atoms with Crippen molar-refractivity contribution in [2.24, 2.45) is 0 Å². The molecule has 0 N–H and O–H groups in total. The zero-order valence-corrected chi connectivity index (χ0v) is 16.9. The molecule has 27 heavy (non-hydrogen) atoms. The summed E-state index contributed by atoms with van der Waals surface area (Å²) in [7, 11) is 0. The van der Waals surface area contributed by atoms with E-state index >= 15 is 0 Å². The summed E-state index contributed by atoms with van der Waals surface area (Å²) in [5.41, 5.74) is 1.24. The number of ether oxygens (including phenoxy) is 2. The number of ketones is 1. The molecule has 0 saturated heterocycles. The number of carbonyl (C=O) groups excluding carboxylic acids is 1. The van der Waals surface area contributed by atoms with Crippen LogP contribution in [0.15, 0.2) is 60.7 Å². The van der Waals surface area contributed by atoms with Crippen molar-refractivity contribution >= 4 is 29.0 Å². The zero-order valence-electron chi connectivity index (χ0n) is 15.4. The summed E-state index contributed by atoms with van der Waals surface area (Å²) in [6, 6.07) is 18.5. The van der Waals surface area contributed by atoms with Gasteiger partial charge in [0.25, 0.3) is 5.79 Å². The molecule has 0 aliphatic carbocycles. The fourth-order valence-corrected chi connectivity index (χ4v) is 3.11. The first-order chi connectivity index (χ1) is 13.2. The molecule has 0 radical (unpaired) electrons. The Morgan fingerprint density at radius 3 is 1.70 bits per heavy atom. The number of Topliss-reactive ketones (excluding diaryl/α,β-unsaturated/α-hetero) is 1. The summed E-state index contributed by atoms with van der Waals surface area (Å²) in [6.07, 6.45) is 3.15. The topological polar surface area (TPSA) is 35.5 Å². The van der Waals surface area contributed by atoms with E-state index in [4.69, 9.17) is 32.7 Å². The molecule has 2 rings (SSSR count). The molecule has 0 spiro atoms. The molecule has 146 valence electrons. The Hall–Kier alpha value is -1.39. The van der Waals surface area contributed by atoms with Crippen LogP contribution in [-0.2, 0) is 15.3 Å². The second-order valence-electron chi connectivity index (χ2n) is 6.17. The Morgan fingerprint density at radius 2 is 1.22 bits per heavy atom. The first-order valence-electron chi connectivity index (χ1n) is 9.30. The average molecular weight is 409 g/mol. The third kappa shape index (κ3) is 6.32. The van der Waals surface area contributed by atoms with Crippen LogP contribution < -0.4 is 0 Å². The van der Waals surface area contributed by atoms with Crippen LogP contribution in [0.2, 0.25) is 0 Å². The van der Waals surface area contributed by atoms with Crippen LogP contribution in [0.5, 0.6) is 0 Å². The number of hydrogen-bond donors (Lipinski definition) is 0. The minimum atomic E-state index is -1.47. The molecular weight excluding hydrogens is 383 g/mol. The molecule has 3 nitrogen and oxygen atoms in total. The average Bonchev–Trinajstić information content (AvgIpc) is 2.73. The summed E-state index contributed by atoms with van der Waals surface area (Å²) >= 11 is 11.6. The third-order valence-electron chi connectivity index (χ3n) is 4.16. The molecule has 0 heterocycles. The number of rotatable bonds is 13. The first kappa shape index (κ1) is 21.9. The largest absolute Gasteiger partial charge is 0.340 e.